The average Bonchev–Trinajstić information content (AvgIpc) is 2.54. The first-order chi connectivity index (χ1) is 11.0. The molecule has 1 amide bonds. The lowest BCUT2D eigenvalue weighted by Gasteiger charge is -2.08. The molecule has 2 rings (SSSR count). The molecule has 0 spiro atoms. The van der Waals surface area contributed by atoms with Crippen LogP contribution in [0.25, 0.3) is 0 Å². The molecule has 0 atom stereocenters. The number of halogens is 2. The first-order valence-corrected chi connectivity index (χ1v) is 8.21. The fourth-order valence-corrected chi connectivity index (χ4v) is 2.12. The SMILES string of the molecule is O=C(COC(=O)COc1ccc(Br)cc1)Nc1ccc(Br)cc1. The fourth-order valence-electron chi connectivity index (χ4n) is 1.59. The van der Waals surface area contributed by atoms with Gasteiger partial charge in [0.05, 0.1) is 0 Å². The van der Waals surface area contributed by atoms with Gasteiger partial charge >= 0.3 is 5.97 Å². The van der Waals surface area contributed by atoms with Crippen molar-refractivity contribution >= 4 is 49.4 Å². The Labute approximate surface area is 150 Å². The van der Waals surface area contributed by atoms with Crippen LogP contribution in [0.15, 0.2) is 57.5 Å². The fraction of sp³-hybridized carbons (Fsp3) is 0.125. The lowest BCUT2D eigenvalue weighted by atomic mass is 10.3. The zero-order chi connectivity index (χ0) is 16.7. The van der Waals surface area contributed by atoms with Crippen LogP contribution < -0.4 is 10.1 Å². The van der Waals surface area contributed by atoms with Crippen molar-refractivity contribution in [2.45, 2.75) is 0 Å². The molecule has 23 heavy (non-hydrogen) atoms. The Kier molecular flexibility index (Phi) is 6.61. The van der Waals surface area contributed by atoms with Gasteiger partial charge in [-0.2, -0.15) is 0 Å². The van der Waals surface area contributed by atoms with Crippen molar-refractivity contribution in [3.63, 3.8) is 0 Å². The average molecular weight is 443 g/mol. The van der Waals surface area contributed by atoms with Gasteiger partial charge in [0.1, 0.15) is 5.75 Å². The quantitative estimate of drug-likeness (QED) is 0.691. The van der Waals surface area contributed by atoms with E-state index in [4.69, 9.17) is 9.47 Å². The molecule has 1 N–H and O–H groups in total. The first-order valence-electron chi connectivity index (χ1n) is 6.62. The largest absolute Gasteiger partial charge is 0.482 e. The maximum absolute atomic E-state index is 11.7. The second-order valence-corrected chi connectivity index (χ2v) is 6.29. The van der Waals surface area contributed by atoms with Crippen LogP contribution in [0.3, 0.4) is 0 Å². The van der Waals surface area contributed by atoms with E-state index in [1.807, 2.05) is 0 Å². The van der Waals surface area contributed by atoms with Crippen molar-refractivity contribution in [2.75, 3.05) is 18.5 Å². The molecule has 0 fully saturated rings. The molecule has 5 nitrogen and oxygen atoms in total. The first kappa shape index (κ1) is 17.5. The predicted octanol–water partition coefficient (Wildman–Crippen LogP) is 3.77. The summed E-state index contributed by atoms with van der Waals surface area (Å²) in [5, 5.41) is 2.62. The van der Waals surface area contributed by atoms with E-state index >= 15 is 0 Å². The molecule has 120 valence electrons. The molecule has 0 aliphatic heterocycles. The van der Waals surface area contributed by atoms with Crippen molar-refractivity contribution in [1.29, 1.82) is 0 Å². The maximum Gasteiger partial charge on any atom is 0.344 e. The Bertz CT molecular complexity index is 671. The minimum atomic E-state index is -0.612. The molecule has 0 bridgehead atoms. The van der Waals surface area contributed by atoms with Gasteiger partial charge in [-0.15, -0.1) is 0 Å². The summed E-state index contributed by atoms with van der Waals surface area (Å²) >= 11 is 6.61. The highest BCUT2D eigenvalue weighted by molar-refractivity contribution is 9.10. The van der Waals surface area contributed by atoms with Gasteiger partial charge in [0.15, 0.2) is 13.2 Å². The third-order valence-corrected chi connectivity index (χ3v) is 3.72. The molecule has 7 heteroatoms. The van der Waals surface area contributed by atoms with E-state index in [1.54, 1.807) is 48.5 Å². The second-order valence-electron chi connectivity index (χ2n) is 4.46. The topological polar surface area (TPSA) is 64.6 Å². The Balaban J connectivity index is 1.70. The van der Waals surface area contributed by atoms with Crippen LogP contribution in [-0.2, 0) is 14.3 Å². The number of esters is 1. The van der Waals surface area contributed by atoms with Crippen LogP contribution in [-0.4, -0.2) is 25.1 Å². The second kappa shape index (κ2) is 8.69. The number of hydrogen-bond acceptors (Lipinski definition) is 4. The third-order valence-electron chi connectivity index (χ3n) is 2.66. The summed E-state index contributed by atoms with van der Waals surface area (Å²) in [5.74, 6) is -0.479. The summed E-state index contributed by atoms with van der Waals surface area (Å²) in [6.45, 7) is -0.619. The molecule has 0 aliphatic carbocycles. The minimum Gasteiger partial charge on any atom is -0.482 e. The predicted molar refractivity (Wildman–Crippen MR) is 93.4 cm³/mol. The van der Waals surface area contributed by atoms with Gasteiger partial charge in [0.25, 0.3) is 5.91 Å². The molecular weight excluding hydrogens is 430 g/mol. The van der Waals surface area contributed by atoms with Crippen LogP contribution >= 0.6 is 31.9 Å². The lowest BCUT2D eigenvalue weighted by Crippen LogP contribution is -2.23. The van der Waals surface area contributed by atoms with E-state index < -0.39 is 11.9 Å². The minimum absolute atomic E-state index is 0.257. The molecule has 0 saturated heterocycles. The van der Waals surface area contributed by atoms with E-state index in [2.05, 4.69) is 37.2 Å². The number of carbonyl (C=O) groups is 2. The molecule has 0 radical (unpaired) electrons. The smallest absolute Gasteiger partial charge is 0.344 e. The van der Waals surface area contributed by atoms with Crippen LogP contribution in [0, 0.1) is 0 Å². The van der Waals surface area contributed by atoms with E-state index in [1.165, 1.54) is 0 Å². The number of benzene rings is 2. The maximum atomic E-state index is 11.7. The van der Waals surface area contributed by atoms with E-state index in [0.29, 0.717) is 11.4 Å². The molecule has 0 unspecified atom stereocenters. The molecule has 0 saturated carbocycles. The molecule has 0 aliphatic rings. The highest BCUT2D eigenvalue weighted by Crippen LogP contribution is 2.16. The van der Waals surface area contributed by atoms with Crippen molar-refractivity contribution in [3.8, 4) is 5.75 Å². The van der Waals surface area contributed by atoms with Crippen LogP contribution in [0.5, 0.6) is 5.75 Å². The van der Waals surface area contributed by atoms with Crippen molar-refractivity contribution in [3.05, 3.63) is 57.5 Å². The highest BCUT2D eigenvalue weighted by atomic mass is 79.9. The van der Waals surface area contributed by atoms with E-state index in [0.717, 1.165) is 8.95 Å². The third kappa shape index (κ3) is 6.42. The zero-order valence-corrected chi connectivity index (χ0v) is 15.1. The van der Waals surface area contributed by atoms with Crippen LogP contribution in [0.4, 0.5) is 5.69 Å². The number of nitrogens with one attached hydrogen (secondary N) is 1. The van der Waals surface area contributed by atoms with Gasteiger partial charge in [-0.1, -0.05) is 31.9 Å². The molecule has 2 aromatic rings. The van der Waals surface area contributed by atoms with Crippen LogP contribution in [0.2, 0.25) is 0 Å². The summed E-state index contributed by atoms with van der Waals surface area (Å²) < 4.78 is 11.9. The highest BCUT2D eigenvalue weighted by Gasteiger charge is 2.09. The lowest BCUT2D eigenvalue weighted by molar-refractivity contribution is -0.149. The monoisotopic (exact) mass is 441 g/mol. The zero-order valence-electron chi connectivity index (χ0n) is 11.9. The molecular formula is C16H13Br2NO4. The summed E-state index contributed by atoms with van der Waals surface area (Å²) in [6.07, 6.45) is 0. The number of ether oxygens (including phenoxy) is 2. The summed E-state index contributed by atoms with van der Waals surface area (Å²) in [6, 6.07) is 14.1. The van der Waals surface area contributed by atoms with Crippen molar-refractivity contribution in [1.82, 2.24) is 0 Å². The normalized spacial score (nSPS) is 10.0. The number of hydrogen-bond donors (Lipinski definition) is 1. The van der Waals surface area contributed by atoms with Gasteiger partial charge in [0, 0.05) is 14.6 Å². The van der Waals surface area contributed by atoms with Gasteiger partial charge in [-0.05, 0) is 48.5 Å². The molecule has 0 heterocycles. The molecule has 2 aromatic carbocycles. The number of carbonyl (C=O) groups excluding carboxylic acids is 2. The van der Waals surface area contributed by atoms with Crippen molar-refractivity contribution in [2.24, 2.45) is 0 Å². The Morgan fingerprint density at radius 3 is 2.04 bits per heavy atom. The number of anilines is 1. The Morgan fingerprint density at radius 2 is 1.43 bits per heavy atom. The Hall–Kier alpha value is -1.86. The van der Waals surface area contributed by atoms with Gasteiger partial charge in [-0.3, -0.25) is 4.79 Å². The van der Waals surface area contributed by atoms with Crippen LogP contribution in [0.1, 0.15) is 0 Å². The van der Waals surface area contributed by atoms with E-state index in [9.17, 15) is 9.59 Å². The van der Waals surface area contributed by atoms with Crippen molar-refractivity contribution < 1.29 is 19.1 Å². The van der Waals surface area contributed by atoms with Gasteiger partial charge < -0.3 is 14.8 Å². The van der Waals surface area contributed by atoms with E-state index in [-0.39, 0.29) is 13.2 Å². The summed E-state index contributed by atoms with van der Waals surface area (Å²) in [5.41, 5.74) is 0.625. The molecule has 0 aromatic heterocycles. The number of amides is 1. The summed E-state index contributed by atoms with van der Waals surface area (Å²) in [7, 11) is 0. The summed E-state index contributed by atoms with van der Waals surface area (Å²) in [4.78, 5) is 23.2. The Morgan fingerprint density at radius 1 is 0.870 bits per heavy atom. The number of rotatable bonds is 6. The standard InChI is InChI=1S/C16H13Br2NO4/c17-11-1-5-13(6-2-11)19-15(20)9-23-16(21)10-22-14-7-3-12(18)4-8-14/h1-8H,9-10H2,(H,19,20). The van der Waals surface area contributed by atoms with Gasteiger partial charge in [0.2, 0.25) is 0 Å². The van der Waals surface area contributed by atoms with Gasteiger partial charge in [-0.25, -0.2) is 4.79 Å².